The van der Waals surface area contributed by atoms with Crippen molar-refractivity contribution in [3.05, 3.63) is 93.5 Å². The van der Waals surface area contributed by atoms with E-state index >= 15 is 0 Å². The fraction of sp³-hybridized carbons (Fsp3) is 0.125. The van der Waals surface area contributed by atoms with Crippen molar-refractivity contribution < 1.29 is 19.5 Å². The Hall–Kier alpha value is -3.15. The number of aliphatic carboxylic acids is 1. The first kappa shape index (κ1) is 22.5. The van der Waals surface area contributed by atoms with E-state index in [2.05, 4.69) is 5.32 Å². The lowest BCUT2D eigenvalue weighted by atomic mass is 9.93. The van der Waals surface area contributed by atoms with Crippen molar-refractivity contribution in [2.45, 2.75) is 19.4 Å². The number of benzene rings is 3. The first-order valence-corrected chi connectivity index (χ1v) is 10.2. The van der Waals surface area contributed by atoms with Crippen molar-refractivity contribution in [3.63, 3.8) is 0 Å². The summed E-state index contributed by atoms with van der Waals surface area (Å²) in [5.41, 5.74) is 2.74. The van der Waals surface area contributed by atoms with E-state index in [1.54, 1.807) is 24.3 Å². The largest absolute Gasteiger partial charge is 0.480 e. The molecule has 0 aliphatic rings. The van der Waals surface area contributed by atoms with E-state index in [9.17, 15) is 19.5 Å². The summed E-state index contributed by atoms with van der Waals surface area (Å²) in [6.07, 6.45) is -0.0154. The number of halogens is 2. The molecule has 0 heterocycles. The summed E-state index contributed by atoms with van der Waals surface area (Å²) in [7, 11) is 0. The molecule has 7 heteroatoms. The average molecular weight is 456 g/mol. The highest BCUT2D eigenvalue weighted by Crippen LogP contribution is 2.27. The molecule has 3 rings (SSSR count). The standard InChI is InChI=1S/C24H19Cl2NO4/c1-14(28)18-12-15(10-11-17(18)16-6-3-2-4-7-16)13-21(24(30)31)27-23(29)22-19(25)8-5-9-20(22)26/h2-12,21H,13H2,1H3,(H,27,29)(H,30,31)/t21-/m0/s1. The fourth-order valence-corrected chi connectivity index (χ4v) is 3.83. The van der Waals surface area contributed by atoms with Gasteiger partial charge in [0.2, 0.25) is 0 Å². The second kappa shape index (κ2) is 9.77. The van der Waals surface area contributed by atoms with E-state index in [1.807, 2.05) is 30.3 Å². The molecule has 0 bridgehead atoms. The maximum absolute atomic E-state index is 12.6. The van der Waals surface area contributed by atoms with Crippen LogP contribution in [0.3, 0.4) is 0 Å². The van der Waals surface area contributed by atoms with Gasteiger partial charge in [0, 0.05) is 12.0 Å². The minimum absolute atomic E-state index is 0.0148. The number of ketones is 1. The number of carboxylic acids is 1. The number of hydrogen-bond acceptors (Lipinski definition) is 3. The number of nitrogens with one attached hydrogen (secondary N) is 1. The lowest BCUT2D eigenvalue weighted by Crippen LogP contribution is -2.42. The van der Waals surface area contributed by atoms with Crippen molar-refractivity contribution in [2.24, 2.45) is 0 Å². The smallest absolute Gasteiger partial charge is 0.326 e. The molecule has 0 aliphatic heterocycles. The molecular formula is C24H19Cl2NO4. The maximum atomic E-state index is 12.6. The van der Waals surface area contributed by atoms with Crippen LogP contribution in [0.5, 0.6) is 0 Å². The van der Waals surface area contributed by atoms with Crippen molar-refractivity contribution in [1.82, 2.24) is 5.32 Å². The fourth-order valence-electron chi connectivity index (χ4n) is 3.26. The Morgan fingerprint density at radius 2 is 1.58 bits per heavy atom. The Bertz CT molecular complexity index is 1130. The molecule has 0 saturated carbocycles. The van der Waals surface area contributed by atoms with E-state index in [4.69, 9.17) is 23.2 Å². The van der Waals surface area contributed by atoms with Gasteiger partial charge in [-0.05, 0) is 41.8 Å². The third kappa shape index (κ3) is 5.32. The van der Waals surface area contributed by atoms with Crippen LogP contribution >= 0.6 is 23.2 Å². The molecule has 1 atom stereocenters. The van der Waals surface area contributed by atoms with Crippen molar-refractivity contribution >= 4 is 40.9 Å². The molecule has 5 nitrogen and oxygen atoms in total. The third-order valence-electron chi connectivity index (χ3n) is 4.78. The van der Waals surface area contributed by atoms with E-state index in [0.717, 1.165) is 11.1 Å². The van der Waals surface area contributed by atoms with Gasteiger partial charge >= 0.3 is 5.97 Å². The molecule has 3 aromatic carbocycles. The number of carbonyl (C=O) groups excluding carboxylic acids is 2. The highest BCUT2D eigenvalue weighted by atomic mass is 35.5. The van der Waals surface area contributed by atoms with Crippen LogP contribution in [0.1, 0.15) is 33.2 Å². The second-order valence-electron chi connectivity index (χ2n) is 6.97. The van der Waals surface area contributed by atoms with Crippen molar-refractivity contribution in [1.29, 1.82) is 0 Å². The van der Waals surface area contributed by atoms with Gasteiger partial charge in [-0.3, -0.25) is 9.59 Å². The molecule has 0 unspecified atom stereocenters. The number of hydrogen-bond donors (Lipinski definition) is 2. The Morgan fingerprint density at radius 3 is 2.16 bits per heavy atom. The van der Waals surface area contributed by atoms with Crippen LogP contribution in [0.2, 0.25) is 10.0 Å². The molecule has 0 aromatic heterocycles. The number of carboxylic acid groups (broad SMARTS) is 1. The van der Waals surface area contributed by atoms with Gasteiger partial charge in [0.15, 0.2) is 5.78 Å². The monoisotopic (exact) mass is 455 g/mol. The zero-order valence-electron chi connectivity index (χ0n) is 16.6. The molecular weight excluding hydrogens is 437 g/mol. The molecule has 0 fully saturated rings. The number of amides is 1. The molecule has 3 aromatic rings. The molecule has 0 spiro atoms. The molecule has 2 N–H and O–H groups in total. The van der Waals surface area contributed by atoms with Gasteiger partial charge in [0.25, 0.3) is 5.91 Å². The van der Waals surface area contributed by atoms with Crippen molar-refractivity contribution in [3.8, 4) is 11.1 Å². The van der Waals surface area contributed by atoms with Crippen LogP contribution in [0.4, 0.5) is 0 Å². The Balaban J connectivity index is 1.88. The van der Waals surface area contributed by atoms with E-state index in [0.29, 0.717) is 11.1 Å². The maximum Gasteiger partial charge on any atom is 0.326 e. The molecule has 158 valence electrons. The average Bonchev–Trinajstić information content (AvgIpc) is 2.73. The molecule has 0 aliphatic carbocycles. The third-order valence-corrected chi connectivity index (χ3v) is 5.41. The number of rotatable bonds is 7. The topological polar surface area (TPSA) is 83.5 Å². The van der Waals surface area contributed by atoms with Gasteiger partial charge in [-0.2, -0.15) is 0 Å². The SMILES string of the molecule is CC(=O)c1cc(C[C@H](NC(=O)c2c(Cl)cccc2Cl)C(=O)O)ccc1-c1ccccc1. The second-order valence-corrected chi connectivity index (χ2v) is 7.78. The van der Waals surface area contributed by atoms with Gasteiger partial charge in [0.05, 0.1) is 15.6 Å². The minimum Gasteiger partial charge on any atom is -0.480 e. The number of Topliss-reactive ketones (excluding diaryl/α,β-unsaturated/α-hetero) is 1. The first-order valence-electron chi connectivity index (χ1n) is 9.45. The summed E-state index contributed by atoms with van der Waals surface area (Å²) in [5, 5.41) is 12.3. The van der Waals surface area contributed by atoms with Crippen LogP contribution in [0.15, 0.2) is 66.7 Å². The molecule has 0 radical (unpaired) electrons. The summed E-state index contributed by atoms with van der Waals surface area (Å²) >= 11 is 12.1. The Morgan fingerprint density at radius 1 is 0.935 bits per heavy atom. The van der Waals surface area contributed by atoms with E-state index in [1.165, 1.54) is 19.1 Å². The van der Waals surface area contributed by atoms with Gasteiger partial charge in [-0.25, -0.2) is 4.79 Å². The lowest BCUT2D eigenvalue weighted by Gasteiger charge is -2.17. The predicted octanol–water partition coefficient (Wildman–Crippen LogP) is 5.29. The zero-order chi connectivity index (χ0) is 22.5. The molecule has 0 saturated heterocycles. The van der Waals surface area contributed by atoms with Crippen LogP contribution in [0.25, 0.3) is 11.1 Å². The zero-order valence-corrected chi connectivity index (χ0v) is 18.1. The van der Waals surface area contributed by atoms with Gasteiger partial charge < -0.3 is 10.4 Å². The summed E-state index contributed by atoms with van der Waals surface area (Å²) < 4.78 is 0. The summed E-state index contributed by atoms with van der Waals surface area (Å²) in [6, 6.07) is 18.0. The van der Waals surface area contributed by atoms with Crippen LogP contribution in [-0.2, 0) is 11.2 Å². The summed E-state index contributed by atoms with van der Waals surface area (Å²) in [4.78, 5) is 36.6. The minimum atomic E-state index is -1.23. The van der Waals surface area contributed by atoms with E-state index < -0.39 is 17.9 Å². The quantitative estimate of drug-likeness (QED) is 0.474. The van der Waals surface area contributed by atoms with Gasteiger partial charge in [-0.15, -0.1) is 0 Å². The van der Waals surface area contributed by atoms with Gasteiger partial charge in [-0.1, -0.05) is 71.7 Å². The van der Waals surface area contributed by atoms with Crippen LogP contribution in [0, 0.1) is 0 Å². The van der Waals surface area contributed by atoms with Crippen molar-refractivity contribution in [2.75, 3.05) is 0 Å². The summed E-state index contributed by atoms with van der Waals surface area (Å²) in [6.45, 7) is 1.46. The highest BCUT2D eigenvalue weighted by Gasteiger charge is 2.24. The summed E-state index contributed by atoms with van der Waals surface area (Å²) in [5.74, 6) is -2.04. The molecule has 31 heavy (non-hydrogen) atoms. The van der Waals surface area contributed by atoms with Crippen LogP contribution < -0.4 is 5.32 Å². The normalized spacial score (nSPS) is 11.6. The highest BCUT2D eigenvalue weighted by molar-refractivity contribution is 6.39. The molecule has 1 amide bonds. The lowest BCUT2D eigenvalue weighted by molar-refractivity contribution is -0.139. The van der Waals surface area contributed by atoms with Gasteiger partial charge in [0.1, 0.15) is 6.04 Å². The number of carbonyl (C=O) groups is 3. The van der Waals surface area contributed by atoms with Crippen LogP contribution in [-0.4, -0.2) is 28.8 Å². The predicted molar refractivity (Wildman–Crippen MR) is 121 cm³/mol. The van der Waals surface area contributed by atoms with E-state index in [-0.39, 0.29) is 27.8 Å². The Kier molecular flexibility index (Phi) is 7.10. The Labute approximate surface area is 189 Å². The first-order chi connectivity index (χ1) is 14.8.